The van der Waals surface area contributed by atoms with Gasteiger partial charge in [-0.15, -0.1) is 0 Å². The minimum absolute atomic E-state index is 0.271. The van der Waals surface area contributed by atoms with Gasteiger partial charge in [0, 0.05) is 42.0 Å². The first-order valence-corrected chi connectivity index (χ1v) is 15.3. The number of benzene rings is 2. The number of aryl methyl sites for hydroxylation is 1. The smallest absolute Gasteiger partial charge is 0.337 e. The summed E-state index contributed by atoms with van der Waals surface area (Å²) in [5, 5.41) is 15.4. The molecule has 3 aliphatic rings. The molecule has 6 bridgehead atoms. The molecular formula is C35H39FN4O5. The Hall–Kier alpha value is -4.28. The predicted molar refractivity (Wildman–Crippen MR) is 170 cm³/mol. The Morgan fingerprint density at radius 2 is 1.80 bits per heavy atom. The van der Waals surface area contributed by atoms with Crippen molar-refractivity contribution < 1.29 is 28.5 Å². The lowest BCUT2D eigenvalue weighted by Crippen LogP contribution is -2.45. The molecule has 7 rings (SSSR count). The summed E-state index contributed by atoms with van der Waals surface area (Å²) in [4.78, 5) is 19.8. The summed E-state index contributed by atoms with van der Waals surface area (Å²) in [6.07, 6.45) is 4.00. The maximum Gasteiger partial charge on any atom is 0.337 e. The molecule has 1 N–H and O–H groups in total. The van der Waals surface area contributed by atoms with Crippen LogP contribution in [0.5, 0.6) is 5.75 Å². The van der Waals surface area contributed by atoms with Crippen LogP contribution in [0.4, 0.5) is 10.2 Å². The topological polar surface area (TPSA) is 98.4 Å². The number of rotatable bonds is 3. The average molecular weight is 615 g/mol. The van der Waals surface area contributed by atoms with Crippen LogP contribution in [0.25, 0.3) is 28.0 Å². The number of aromatic nitrogens is 3. The summed E-state index contributed by atoms with van der Waals surface area (Å²) in [7, 11) is 0. The van der Waals surface area contributed by atoms with Crippen LogP contribution in [0.15, 0.2) is 60.7 Å². The Labute approximate surface area is 262 Å². The van der Waals surface area contributed by atoms with E-state index in [1.807, 2.05) is 70.2 Å². The second-order valence-electron chi connectivity index (χ2n) is 12.9. The number of anilines is 1. The molecule has 5 heterocycles. The molecule has 1 atom stereocenters. The van der Waals surface area contributed by atoms with E-state index in [0.29, 0.717) is 53.9 Å². The number of carbonyl (C=O) groups is 1. The van der Waals surface area contributed by atoms with E-state index >= 15 is 0 Å². The van der Waals surface area contributed by atoms with Gasteiger partial charge in [-0.25, -0.2) is 14.2 Å². The molecule has 0 spiro atoms. The molecule has 0 amide bonds. The normalized spacial score (nSPS) is 18.0. The lowest BCUT2D eigenvalue weighted by molar-refractivity contribution is -0.160. The van der Waals surface area contributed by atoms with E-state index in [-0.39, 0.29) is 18.0 Å². The zero-order valence-corrected chi connectivity index (χ0v) is 26.3. The van der Waals surface area contributed by atoms with E-state index in [2.05, 4.69) is 11.8 Å². The van der Waals surface area contributed by atoms with Crippen LogP contribution < -0.4 is 9.64 Å². The highest BCUT2D eigenvalue weighted by atomic mass is 19.1. The molecule has 0 saturated carbocycles. The monoisotopic (exact) mass is 614 g/mol. The van der Waals surface area contributed by atoms with Gasteiger partial charge in [-0.05, 0) is 77.3 Å². The predicted octanol–water partition coefficient (Wildman–Crippen LogP) is 6.78. The number of carboxylic acids is 1. The fourth-order valence-electron chi connectivity index (χ4n) is 6.01. The van der Waals surface area contributed by atoms with Crippen molar-refractivity contribution in [3.63, 3.8) is 0 Å². The van der Waals surface area contributed by atoms with Crippen LogP contribution in [0.2, 0.25) is 0 Å². The molecule has 10 heteroatoms. The summed E-state index contributed by atoms with van der Waals surface area (Å²) in [6, 6.07) is 14.3. The third-order valence-corrected chi connectivity index (χ3v) is 8.33. The number of aliphatic carboxylic acids is 1. The van der Waals surface area contributed by atoms with Gasteiger partial charge in [0.25, 0.3) is 0 Å². The van der Waals surface area contributed by atoms with Gasteiger partial charge >= 0.3 is 5.97 Å². The molecule has 0 aliphatic carbocycles. The van der Waals surface area contributed by atoms with Crippen LogP contribution in [-0.2, 0) is 14.3 Å². The van der Waals surface area contributed by atoms with E-state index in [0.717, 1.165) is 29.5 Å². The van der Waals surface area contributed by atoms with Crippen molar-refractivity contribution in [3.05, 3.63) is 77.8 Å². The van der Waals surface area contributed by atoms with E-state index in [4.69, 9.17) is 24.3 Å². The molecule has 2 aromatic carbocycles. The van der Waals surface area contributed by atoms with Crippen LogP contribution in [0, 0.1) is 12.7 Å². The Kier molecular flexibility index (Phi) is 8.13. The molecule has 3 aliphatic heterocycles. The van der Waals surface area contributed by atoms with Gasteiger partial charge in [-0.1, -0.05) is 24.3 Å². The number of hydrogen-bond donors (Lipinski definition) is 1. The fraction of sp³-hybridized carbons (Fsp3) is 0.400. The largest absolute Gasteiger partial charge is 0.489 e. The highest BCUT2D eigenvalue weighted by Crippen LogP contribution is 2.39. The Balaban J connectivity index is 1.55. The quantitative estimate of drug-likeness (QED) is 0.252. The van der Waals surface area contributed by atoms with Crippen molar-refractivity contribution in [2.24, 2.45) is 0 Å². The molecule has 4 aromatic rings. The highest BCUT2D eigenvalue weighted by molar-refractivity contribution is 5.80. The SMILES string of the molecule is Cc1nc2cc3nn2c(c1[C@H](OC(C)(C)C)C(=O)O)N1CCC(C)(CC1)OC/C=C\COc1cc(F)ccc1-c1cccc-3c1. The molecule has 1 fully saturated rings. The van der Waals surface area contributed by atoms with Crippen molar-refractivity contribution >= 4 is 17.4 Å². The number of hydrogen-bond acceptors (Lipinski definition) is 7. The third kappa shape index (κ3) is 6.43. The molecule has 1 saturated heterocycles. The van der Waals surface area contributed by atoms with Gasteiger partial charge in [0.1, 0.15) is 24.0 Å². The number of piperidine rings is 1. The van der Waals surface area contributed by atoms with Crippen LogP contribution in [0.3, 0.4) is 0 Å². The fourth-order valence-corrected chi connectivity index (χ4v) is 6.01. The van der Waals surface area contributed by atoms with E-state index < -0.39 is 17.7 Å². The lowest BCUT2D eigenvalue weighted by atomic mass is 9.92. The minimum Gasteiger partial charge on any atom is -0.489 e. The number of fused-ring (bicyclic) bond motifs is 6. The summed E-state index contributed by atoms with van der Waals surface area (Å²) in [5.41, 5.74) is 3.66. The van der Waals surface area contributed by atoms with Crippen molar-refractivity contribution in [3.8, 4) is 28.1 Å². The van der Waals surface area contributed by atoms with Gasteiger partial charge in [0.2, 0.25) is 0 Å². The maximum atomic E-state index is 14.3. The van der Waals surface area contributed by atoms with Gasteiger partial charge in [-0.2, -0.15) is 9.61 Å². The van der Waals surface area contributed by atoms with Gasteiger partial charge in [0.05, 0.1) is 29.1 Å². The molecule has 45 heavy (non-hydrogen) atoms. The van der Waals surface area contributed by atoms with Crippen molar-refractivity contribution in [2.75, 3.05) is 31.2 Å². The van der Waals surface area contributed by atoms with Gasteiger partial charge in [-0.3, -0.25) is 0 Å². The van der Waals surface area contributed by atoms with Crippen LogP contribution in [-0.4, -0.2) is 63.2 Å². The zero-order valence-electron chi connectivity index (χ0n) is 26.3. The van der Waals surface area contributed by atoms with Crippen LogP contribution in [0.1, 0.15) is 57.9 Å². The summed E-state index contributed by atoms with van der Waals surface area (Å²) < 4.78 is 34.5. The molecule has 236 valence electrons. The molecular weight excluding hydrogens is 575 g/mol. The molecule has 0 unspecified atom stereocenters. The van der Waals surface area contributed by atoms with E-state index in [9.17, 15) is 14.3 Å². The molecule has 0 radical (unpaired) electrons. The van der Waals surface area contributed by atoms with Gasteiger partial charge < -0.3 is 24.2 Å². The second kappa shape index (κ2) is 11.9. The zero-order chi connectivity index (χ0) is 31.9. The van der Waals surface area contributed by atoms with Crippen molar-refractivity contribution in [1.29, 1.82) is 0 Å². The van der Waals surface area contributed by atoms with Crippen molar-refractivity contribution in [2.45, 2.75) is 64.8 Å². The highest BCUT2D eigenvalue weighted by Gasteiger charge is 2.37. The first kappa shape index (κ1) is 30.7. The van der Waals surface area contributed by atoms with Crippen molar-refractivity contribution in [1.82, 2.24) is 14.6 Å². The lowest BCUT2D eigenvalue weighted by Gasteiger charge is -2.41. The Bertz CT molecular complexity index is 1770. The average Bonchev–Trinajstić information content (AvgIpc) is 3.40. The second-order valence-corrected chi connectivity index (χ2v) is 12.9. The minimum atomic E-state index is -1.25. The van der Waals surface area contributed by atoms with Crippen LogP contribution >= 0.6 is 0 Å². The first-order chi connectivity index (χ1) is 21.4. The van der Waals surface area contributed by atoms with Gasteiger partial charge in [0.15, 0.2) is 11.8 Å². The third-order valence-electron chi connectivity index (χ3n) is 8.33. The van der Waals surface area contributed by atoms with E-state index in [1.165, 1.54) is 12.1 Å². The number of ether oxygens (including phenoxy) is 3. The first-order valence-electron chi connectivity index (χ1n) is 15.3. The number of halogens is 1. The summed E-state index contributed by atoms with van der Waals surface area (Å²) in [5.74, 6) is -0.373. The standard InChI is InChI=1S/C35H39FN4O5/c1-22-30(31(33(41)42)45-34(2,3)4)32-39-15-13-35(5,14-16-39)44-18-7-6-17-43-28-20-25(36)11-12-26(28)23-9-8-10-24(19-23)27-21-29(37-22)40(32)38-27/h6-12,19-21,31H,13-18H2,1-5H3,(H,41,42)/b7-6-/t31-/m0/s1. The number of nitrogens with zero attached hydrogens (tertiary/aromatic N) is 4. The Morgan fingerprint density at radius 3 is 2.53 bits per heavy atom. The van der Waals surface area contributed by atoms with E-state index in [1.54, 1.807) is 10.6 Å². The number of carboxylic acid groups (broad SMARTS) is 1. The maximum absolute atomic E-state index is 14.3. The summed E-state index contributed by atoms with van der Waals surface area (Å²) in [6.45, 7) is 11.4. The molecule has 9 nitrogen and oxygen atoms in total. The molecule has 2 aromatic heterocycles. The summed E-state index contributed by atoms with van der Waals surface area (Å²) >= 11 is 0. The Morgan fingerprint density at radius 1 is 1.07 bits per heavy atom.